The predicted octanol–water partition coefficient (Wildman–Crippen LogP) is 3.15. The third-order valence-electron chi connectivity index (χ3n) is 4.68. The Kier molecular flexibility index (Phi) is 2.94. The molecule has 1 aliphatic heterocycles. The fourth-order valence-corrected chi connectivity index (χ4v) is 3.09. The Balaban J connectivity index is 2.78. The molecular weight excluding hydrogens is 208 g/mol. The predicted molar refractivity (Wildman–Crippen MR) is 74.8 cm³/mol. The zero-order valence-electron chi connectivity index (χ0n) is 11.9. The highest BCUT2D eigenvalue weighted by Crippen LogP contribution is 2.42. The number of fused-ring (bicyclic) bond motifs is 1. The molecule has 1 aliphatic rings. The second kappa shape index (κ2) is 4.02. The van der Waals surface area contributed by atoms with Crippen molar-refractivity contribution in [1.29, 1.82) is 0 Å². The van der Waals surface area contributed by atoms with E-state index in [9.17, 15) is 0 Å². The molecule has 17 heavy (non-hydrogen) atoms. The largest absolute Gasteiger partial charge is 0.371 e. The summed E-state index contributed by atoms with van der Waals surface area (Å²) in [5.41, 5.74) is 14.7. The molecule has 0 aromatic heterocycles. The number of hydrogen-bond acceptors (Lipinski definition) is 2. The van der Waals surface area contributed by atoms with Gasteiger partial charge in [0.15, 0.2) is 0 Å². The summed E-state index contributed by atoms with van der Waals surface area (Å²) in [6.45, 7) is 11.1. The first kappa shape index (κ1) is 12.4. The van der Waals surface area contributed by atoms with Gasteiger partial charge >= 0.3 is 0 Å². The maximum atomic E-state index is 6.36. The minimum Gasteiger partial charge on any atom is -0.371 e. The van der Waals surface area contributed by atoms with Gasteiger partial charge in [0.25, 0.3) is 0 Å². The molecule has 0 saturated heterocycles. The second-order valence-corrected chi connectivity index (χ2v) is 5.56. The number of nitrogens with zero attached hydrogens (tertiary/aromatic N) is 1. The lowest BCUT2D eigenvalue weighted by Crippen LogP contribution is -2.39. The lowest BCUT2D eigenvalue weighted by atomic mass is 9.83. The topological polar surface area (TPSA) is 29.3 Å². The number of anilines is 1. The molecule has 0 amide bonds. The molecule has 2 N–H and O–H groups in total. The summed E-state index contributed by atoms with van der Waals surface area (Å²) in [7, 11) is 2.19. The maximum absolute atomic E-state index is 6.36. The minimum atomic E-state index is 0.189. The molecule has 0 bridgehead atoms. The zero-order chi connectivity index (χ0) is 12.9. The van der Waals surface area contributed by atoms with Crippen molar-refractivity contribution in [3.05, 3.63) is 27.8 Å². The molecule has 1 aromatic carbocycles. The zero-order valence-corrected chi connectivity index (χ0v) is 11.9. The van der Waals surface area contributed by atoms with E-state index in [4.69, 9.17) is 5.73 Å². The van der Waals surface area contributed by atoms with Crippen molar-refractivity contribution in [2.24, 2.45) is 5.73 Å². The number of hydrogen-bond donors (Lipinski definition) is 1. The standard InChI is InChI=1S/C15H24N2/c1-8-7-13(16)14-11(4)9(2)10(3)12(5)15(14)17(8)6/h8,13H,7,16H2,1-6H3. The van der Waals surface area contributed by atoms with Crippen LogP contribution in [0.4, 0.5) is 5.69 Å². The molecule has 2 atom stereocenters. The van der Waals surface area contributed by atoms with E-state index in [2.05, 4.69) is 46.6 Å². The molecular formula is C15H24N2. The molecule has 1 aromatic rings. The Bertz CT molecular complexity index is 463. The first-order valence-corrected chi connectivity index (χ1v) is 6.44. The van der Waals surface area contributed by atoms with Gasteiger partial charge in [0.05, 0.1) is 0 Å². The van der Waals surface area contributed by atoms with Gasteiger partial charge in [-0.05, 0) is 68.9 Å². The van der Waals surface area contributed by atoms with Crippen molar-refractivity contribution in [3.63, 3.8) is 0 Å². The van der Waals surface area contributed by atoms with E-state index in [0.717, 1.165) is 6.42 Å². The van der Waals surface area contributed by atoms with Gasteiger partial charge in [-0.25, -0.2) is 0 Å². The lowest BCUT2D eigenvalue weighted by molar-refractivity contribution is 0.514. The van der Waals surface area contributed by atoms with Gasteiger partial charge in [0.2, 0.25) is 0 Å². The fourth-order valence-electron chi connectivity index (χ4n) is 3.09. The van der Waals surface area contributed by atoms with Gasteiger partial charge in [0.1, 0.15) is 0 Å². The highest BCUT2D eigenvalue weighted by molar-refractivity contribution is 5.69. The smallest absolute Gasteiger partial charge is 0.0449 e. The van der Waals surface area contributed by atoms with Crippen LogP contribution in [0.5, 0.6) is 0 Å². The van der Waals surface area contributed by atoms with Crippen LogP contribution in [0.25, 0.3) is 0 Å². The van der Waals surface area contributed by atoms with Crippen LogP contribution in [0.1, 0.15) is 47.2 Å². The van der Waals surface area contributed by atoms with Crippen LogP contribution in [0.3, 0.4) is 0 Å². The number of benzene rings is 1. The van der Waals surface area contributed by atoms with Crippen molar-refractivity contribution in [2.75, 3.05) is 11.9 Å². The number of nitrogens with two attached hydrogens (primary N) is 1. The summed E-state index contributed by atoms with van der Waals surface area (Å²) in [5, 5.41) is 0. The summed E-state index contributed by atoms with van der Waals surface area (Å²) >= 11 is 0. The summed E-state index contributed by atoms with van der Waals surface area (Å²) in [6, 6.07) is 0.715. The Morgan fingerprint density at radius 2 is 1.53 bits per heavy atom. The minimum absolute atomic E-state index is 0.189. The average Bonchev–Trinajstić information content (AvgIpc) is 2.28. The fraction of sp³-hybridized carbons (Fsp3) is 0.600. The van der Waals surface area contributed by atoms with Crippen LogP contribution in [0.15, 0.2) is 0 Å². The second-order valence-electron chi connectivity index (χ2n) is 5.56. The van der Waals surface area contributed by atoms with Gasteiger partial charge in [-0.3, -0.25) is 0 Å². The maximum Gasteiger partial charge on any atom is 0.0449 e. The molecule has 2 unspecified atom stereocenters. The monoisotopic (exact) mass is 232 g/mol. The highest BCUT2D eigenvalue weighted by Gasteiger charge is 2.30. The van der Waals surface area contributed by atoms with Crippen LogP contribution in [0, 0.1) is 27.7 Å². The molecule has 1 heterocycles. The summed E-state index contributed by atoms with van der Waals surface area (Å²) < 4.78 is 0. The lowest BCUT2D eigenvalue weighted by Gasteiger charge is -2.40. The molecule has 2 rings (SSSR count). The third kappa shape index (κ3) is 1.66. The Morgan fingerprint density at radius 1 is 1.00 bits per heavy atom. The van der Waals surface area contributed by atoms with Crippen molar-refractivity contribution in [1.82, 2.24) is 0 Å². The van der Waals surface area contributed by atoms with Gasteiger partial charge in [-0.1, -0.05) is 0 Å². The van der Waals surface area contributed by atoms with E-state index in [1.165, 1.54) is 33.5 Å². The van der Waals surface area contributed by atoms with Crippen molar-refractivity contribution < 1.29 is 0 Å². The van der Waals surface area contributed by atoms with E-state index >= 15 is 0 Å². The molecule has 0 spiro atoms. The normalized spacial score (nSPS) is 23.8. The summed E-state index contributed by atoms with van der Waals surface area (Å²) in [4.78, 5) is 2.40. The van der Waals surface area contributed by atoms with Crippen LogP contribution in [-0.2, 0) is 0 Å². The van der Waals surface area contributed by atoms with E-state index in [0.29, 0.717) is 6.04 Å². The molecule has 94 valence electrons. The molecule has 2 heteroatoms. The number of rotatable bonds is 0. The highest BCUT2D eigenvalue weighted by atomic mass is 15.1. The van der Waals surface area contributed by atoms with Crippen molar-refractivity contribution in [3.8, 4) is 0 Å². The molecule has 2 nitrogen and oxygen atoms in total. The third-order valence-corrected chi connectivity index (χ3v) is 4.68. The van der Waals surface area contributed by atoms with Crippen LogP contribution in [0.2, 0.25) is 0 Å². The van der Waals surface area contributed by atoms with E-state index in [1.807, 2.05) is 0 Å². The van der Waals surface area contributed by atoms with E-state index in [-0.39, 0.29) is 6.04 Å². The van der Waals surface area contributed by atoms with Crippen molar-refractivity contribution in [2.45, 2.75) is 53.1 Å². The molecule has 0 aliphatic carbocycles. The van der Waals surface area contributed by atoms with Gasteiger partial charge in [-0.15, -0.1) is 0 Å². The molecule has 0 saturated carbocycles. The van der Waals surface area contributed by atoms with E-state index in [1.54, 1.807) is 0 Å². The van der Waals surface area contributed by atoms with Gasteiger partial charge < -0.3 is 10.6 Å². The van der Waals surface area contributed by atoms with Crippen LogP contribution < -0.4 is 10.6 Å². The van der Waals surface area contributed by atoms with E-state index < -0.39 is 0 Å². The first-order chi connectivity index (χ1) is 7.86. The van der Waals surface area contributed by atoms with Crippen molar-refractivity contribution >= 4 is 5.69 Å². The van der Waals surface area contributed by atoms with Crippen LogP contribution >= 0.6 is 0 Å². The summed E-state index contributed by atoms with van der Waals surface area (Å²) in [5.74, 6) is 0. The Morgan fingerprint density at radius 3 is 2.12 bits per heavy atom. The quantitative estimate of drug-likeness (QED) is 0.744. The SMILES string of the molecule is Cc1c(C)c(C)c2c(c1C)C(N)CC(C)N2C. The average molecular weight is 232 g/mol. The summed E-state index contributed by atoms with van der Waals surface area (Å²) in [6.07, 6.45) is 1.05. The van der Waals surface area contributed by atoms with Crippen LogP contribution in [-0.4, -0.2) is 13.1 Å². The molecule has 0 radical (unpaired) electrons. The Labute approximate surface area is 105 Å². The van der Waals surface area contributed by atoms with Gasteiger partial charge in [-0.2, -0.15) is 0 Å². The molecule has 0 fully saturated rings. The Hall–Kier alpha value is -1.02. The van der Waals surface area contributed by atoms with Gasteiger partial charge in [0, 0.05) is 24.8 Å². The first-order valence-electron chi connectivity index (χ1n) is 6.44.